The molecule has 0 fully saturated rings. The van der Waals surface area contributed by atoms with Gasteiger partial charge in [-0.25, -0.2) is 0 Å². The summed E-state index contributed by atoms with van der Waals surface area (Å²) in [7, 11) is 2.02. The molecule has 5 heteroatoms. The Labute approximate surface area is 140 Å². The van der Waals surface area contributed by atoms with Gasteiger partial charge in [0.25, 0.3) is 0 Å². The van der Waals surface area contributed by atoms with Crippen molar-refractivity contribution in [2.45, 2.75) is 12.6 Å². The van der Waals surface area contributed by atoms with Gasteiger partial charge in [0.1, 0.15) is 0 Å². The van der Waals surface area contributed by atoms with Gasteiger partial charge in [-0.15, -0.1) is 0 Å². The number of benzene rings is 2. The zero-order chi connectivity index (χ0) is 15.4. The van der Waals surface area contributed by atoms with Gasteiger partial charge in [0.2, 0.25) is 0 Å². The van der Waals surface area contributed by atoms with Crippen molar-refractivity contribution in [3.8, 4) is 0 Å². The van der Waals surface area contributed by atoms with Crippen LogP contribution in [0.25, 0.3) is 0 Å². The molecular formula is C16H17Cl3N2. The molecule has 0 heterocycles. The Balaban J connectivity index is 2.20. The van der Waals surface area contributed by atoms with E-state index in [9.17, 15) is 0 Å². The second-order valence-electron chi connectivity index (χ2n) is 4.93. The molecule has 21 heavy (non-hydrogen) atoms. The maximum absolute atomic E-state index is 6.21. The average molecular weight is 344 g/mol. The number of hydrogen-bond acceptors (Lipinski definition) is 2. The zero-order valence-corrected chi connectivity index (χ0v) is 14.0. The Kier molecular flexibility index (Phi) is 5.91. The van der Waals surface area contributed by atoms with Crippen LogP contribution < -0.4 is 5.73 Å². The highest BCUT2D eigenvalue weighted by atomic mass is 35.5. The van der Waals surface area contributed by atoms with Crippen LogP contribution in [0.5, 0.6) is 0 Å². The summed E-state index contributed by atoms with van der Waals surface area (Å²) < 4.78 is 0. The lowest BCUT2D eigenvalue weighted by atomic mass is 10.0. The van der Waals surface area contributed by atoms with E-state index in [1.165, 1.54) is 0 Å². The topological polar surface area (TPSA) is 29.3 Å². The molecule has 0 aliphatic rings. The fourth-order valence-corrected chi connectivity index (χ4v) is 2.80. The van der Waals surface area contributed by atoms with Crippen molar-refractivity contribution in [2.75, 3.05) is 13.6 Å². The molecule has 0 spiro atoms. The van der Waals surface area contributed by atoms with Crippen LogP contribution in [0, 0.1) is 0 Å². The Bertz CT molecular complexity index is 616. The fourth-order valence-electron chi connectivity index (χ4n) is 2.30. The summed E-state index contributed by atoms with van der Waals surface area (Å²) >= 11 is 18.3. The first kappa shape index (κ1) is 16.6. The van der Waals surface area contributed by atoms with Crippen LogP contribution in [-0.4, -0.2) is 18.5 Å². The molecule has 2 N–H and O–H groups in total. The van der Waals surface area contributed by atoms with Crippen molar-refractivity contribution >= 4 is 34.8 Å². The first-order chi connectivity index (χ1) is 10.0. The van der Waals surface area contributed by atoms with Crippen molar-refractivity contribution in [2.24, 2.45) is 5.73 Å². The molecule has 2 aromatic carbocycles. The van der Waals surface area contributed by atoms with E-state index in [0.717, 1.165) is 16.1 Å². The predicted molar refractivity (Wildman–Crippen MR) is 91.2 cm³/mol. The Morgan fingerprint density at radius 3 is 2.33 bits per heavy atom. The minimum absolute atomic E-state index is 0.0519. The van der Waals surface area contributed by atoms with Gasteiger partial charge in [-0.1, -0.05) is 59.1 Å². The standard InChI is InChI=1S/C16H17Cl3N2/c1-21(10-12-4-2-3-5-13(12)17)16(9-20)11-6-7-14(18)15(19)8-11/h2-8,16H,9-10,20H2,1H3. The number of rotatable bonds is 5. The third kappa shape index (κ3) is 4.12. The van der Waals surface area contributed by atoms with Gasteiger partial charge >= 0.3 is 0 Å². The molecule has 0 aromatic heterocycles. The molecule has 0 amide bonds. The van der Waals surface area contributed by atoms with Gasteiger partial charge in [-0.2, -0.15) is 0 Å². The molecule has 2 aromatic rings. The van der Waals surface area contributed by atoms with Gasteiger partial charge in [-0.3, -0.25) is 4.90 Å². The molecule has 0 saturated carbocycles. The first-order valence-corrected chi connectivity index (χ1v) is 7.75. The summed E-state index contributed by atoms with van der Waals surface area (Å²) in [4.78, 5) is 2.15. The van der Waals surface area contributed by atoms with Crippen LogP contribution >= 0.6 is 34.8 Å². The van der Waals surface area contributed by atoms with E-state index in [4.69, 9.17) is 40.5 Å². The van der Waals surface area contributed by atoms with Crippen LogP contribution in [0.15, 0.2) is 42.5 Å². The molecule has 0 radical (unpaired) electrons. The second kappa shape index (κ2) is 7.48. The van der Waals surface area contributed by atoms with Crippen molar-refractivity contribution < 1.29 is 0 Å². The van der Waals surface area contributed by atoms with Crippen LogP contribution in [0.1, 0.15) is 17.2 Å². The molecule has 1 atom stereocenters. The highest BCUT2D eigenvalue weighted by Crippen LogP contribution is 2.28. The van der Waals surface area contributed by atoms with Crippen LogP contribution in [0.4, 0.5) is 0 Å². The van der Waals surface area contributed by atoms with Gasteiger partial charge in [0, 0.05) is 24.2 Å². The SMILES string of the molecule is CN(Cc1ccccc1Cl)C(CN)c1ccc(Cl)c(Cl)c1. The van der Waals surface area contributed by atoms with Crippen LogP contribution in [-0.2, 0) is 6.54 Å². The van der Waals surface area contributed by atoms with E-state index in [1.807, 2.05) is 43.4 Å². The molecule has 0 bridgehead atoms. The van der Waals surface area contributed by atoms with E-state index in [-0.39, 0.29) is 6.04 Å². The summed E-state index contributed by atoms with van der Waals surface area (Å²) in [5.41, 5.74) is 8.05. The monoisotopic (exact) mass is 342 g/mol. The van der Waals surface area contributed by atoms with E-state index in [2.05, 4.69) is 4.90 Å². The van der Waals surface area contributed by atoms with E-state index in [1.54, 1.807) is 6.07 Å². The van der Waals surface area contributed by atoms with Crippen molar-refractivity contribution in [3.05, 3.63) is 68.7 Å². The first-order valence-electron chi connectivity index (χ1n) is 6.61. The van der Waals surface area contributed by atoms with Gasteiger partial charge in [0.15, 0.2) is 0 Å². The number of nitrogens with two attached hydrogens (primary N) is 1. The zero-order valence-electron chi connectivity index (χ0n) is 11.7. The molecule has 0 aliphatic carbocycles. The smallest absolute Gasteiger partial charge is 0.0595 e. The summed E-state index contributed by atoms with van der Waals surface area (Å²) in [5.74, 6) is 0. The summed E-state index contributed by atoms with van der Waals surface area (Å²) in [6.45, 7) is 1.20. The lowest BCUT2D eigenvalue weighted by Gasteiger charge is -2.28. The predicted octanol–water partition coefficient (Wildman–Crippen LogP) is 4.78. The average Bonchev–Trinajstić information content (AvgIpc) is 2.46. The van der Waals surface area contributed by atoms with Gasteiger partial charge in [-0.05, 0) is 36.4 Å². The lowest BCUT2D eigenvalue weighted by Crippen LogP contribution is -2.30. The van der Waals surface area contributed by atoms with Crippen molar-refractivity contribution in [3.63, 3.8) is 0 Å². The Hall–Kier alpha value is -0.770. The Morgan fingerprint density at radius 1 is 1.00 bits per heavy atom. The molecular weight excluding hydrogens is 327 g/mol. The third-order valence-corrected chi connectivity index (χ3v) is 4.57. The van der Waals surface area contributed by atoms with Gasteiger partial charge < -0.3 is 5.73 Å². The summed E-state index contributed by atoms with van der Waals surface area (Å²) in [6, 6.07) is 13.5. The quantitative estimate of drug-likeness (QED) is 0.846. The summed E-state index contributed by atoms with van der Waals surface area (Å²) in [6.07, 6.45) is 0. The van der Waals surface area contributed by atoms with Crippen LogP contribution in [0.3, 0.4) is 0 Å². The van der Waals surface area contributed by atoms with E-state index in [0.29, 0.717) is 23.1 Å². The maximum Gasteiger partial charge on any atom is 0.0595 e. The molecule has 0 aliphatic heterocycles. The maximum atomic E-state index is 6.21. The molecule has 2 nitrogen and oxygen atoms in total. The molecule has 2 rings (SSSR count). The number of nitrogens with zero attached hydrogens (tertiary/aromatic N) is 1. The number of hydrogen-bond donors (Lipinski definition) is 1. The lowest BCUT2D eigenvalue weighted by molar-refractivity contribution is 0.242. The fraction of sp³-hybridized carbons (Fsp3) is 0.250. The normalized spacial score (nSPS) is 12.7. The molecule has 1 unspecified atom stereocenters. The van der Waals surface area contributed by atoms with Crippen molar-refractivity contribution in [1.29, 1.82) is 0 Å². The second-order valence-corrected chi connectivity index (χ2v) is 6.15. The summed E-state index contributed by atoms with van der Waals surface area (Å²) in [5, 5.41) is 1.85. The minimum Gasteiger partial charge on any atom is -0.329 e. The van der Waals surface area contributed by atoms with Gasteiger partial charge in [0.05, 0.1) is 10.0 Å². The molecule has 112 valence electrons. The van der Waals surface area contributed by atoms with E-state index < -0.39 is 0 Å². The Morgan fingerprint density at radius 2 is 1.71 bits per heavy atom. The molecule has 0 saturated heterocycles. The minimum atomic E-state index is 0.0519. The van der Waals surface area contributed by atoms with Crippen LogP contribution in [0.2, 0.25) is 15.1 Å². The third-order valence-electron chi connectivity index (χ3n) is 3.46. The highest BCUT2D eigenvalue weighted by molar-refractivity contribution is 6.42. The number of halogens is 3. The largest absolute Gasteiger partial charge is 0.329 e. The van der Waals surface area contributed by atoms with E-state index >= 15 is 0 Å². The van der Waals surface area contributed by atoms with Crippen molar-refractivity contribution in [1.82, 2.24) is 4.90 Å². The highest BCUT2D eigenvalue weighted by Gasteiger charge is 2.17. The number of likely N-dealkylation sites (N-methyl/N-ethyl adjacent to an activating group) is 1.